The minimum absolute atomic E-state index is 0.0442. The summed E-state index contributed by atoms with van der Waals surface area (Å²) in [6.07, 6.45) is 5.05. The number of hydrogen-bond donors (Lipinski definition) is 1. The van der Waals surface area contributed by atoms with Crippen LogP contribution in [0.3, 0.4) is 0 Å². The molecule has 0 aromatic heterocycles. The summed E-state index contributed by atoms with van der Waals surface area (Å²) in [6.45, 7) is 10.4. The van der Waals surface area contributed by atoms with Gasteiger partial charge in [-0.05, 0) is 29.5 Å². The standard InChI is InChI=1S/C22H38O5/c1-4-5-6-11-22(2,3)20-7-9-21(10-8-20)27-19-18-26-17-16-25-15-14-24-13-12-23/h7-10,23H,4-6,11-19H2,1-3H3. The van der Waals surface area contributed by atoms with Crippen molar-refractivity contribution in [2.75, 3.05) is 52.9 Å². The van der Waals surface area contributed by atoms with E-state index in [0.717, 1.165) is 5.75 Å². The van der Waals surface area contributed by atoms with Crippen molar-refractivity contribution in [2.45, 2.75) is 51.9 Å². The van der Waals surface area contributed by atoms with Crippen LogP contribution in [0, 0.1) is 0 Å². The smallest absolute Gasteiger partial charge is 0.119 e. The van der Waals surface area contributed by atoms with Crippen LogP contribution < -0.4 is 4.74 Å². The van der Waals surface area contributed by atoms with Crippen LogP contribution in [-0.4, -0.2) is 58.0 Å². The summed E-state index contributed by atoms with van der Waals surface area (Å²) in [7, 11) is 0. The van der Waals surface area contributed by atoms with E-state index < -0.39 is 0 Å². The maximum atomic E-state index is 8.56. The van der Waals surface area contributed by atoms with E-state index in [4.69, 9.17) is 24.1 Å². The van der Waals surface area contributed by atoms with Crippen molar-refractivity contribution in [1.29, 1.82) is 0 Å². The highest BCUT2D eigenvalue weighted by Gasteiger charge is 2.19. The van der Waals surface area contributed by atoms with Crippen LogP contribution in [0.15, 0.2) is 24.3 Å². The van der Waals surface area contributed by atoms with Crippen LogP contribution in [-0.2, 0) is 19.6 Å². The molecule has 1 aromatic carbocycles. The number of benzene rings is 1. The van der Waals surface area contributed by atoms with Crippen molar-refractivity contribution in [3.8, 4) is 5.75 Å². The van der Waals surface area contributed by atoms with E-state index in [-0.39, 0.29) is 12.0 Å². The van der Waals surface area contributed by atoms with Crippen molar-refractivity contribution in [3.05, 3.63) is 29.8 Å². The van der Waals surface area contributed by atoms with Gasteiger partial charge >= 0.3 is 0 Å². The monoisotopic (exact) mass is 382 g/mol. The summed E-state index contributed by atoms with van der Waals surface area (Å²) in [6, 6.07) is 8.45. The lowest BCUT2D eigenvalue weighted by atomic mass is 9.80. The Labute approximate surface area is 165 Å². The molecule has 0 fully saturated rings. The number of unbranched alkanes of at least 4 members (excludes halogenated alkanes) is 2. The molecule has 5 nitrogen and oxygen atoms in total. The molecule has 0 aliphatic heterocycles. The molecule has 0 radical (unpaired) electrons. The highest BCUT2D eigenvalue weighted by atomic mass is 16.6. The van der Waals surface area contributed by atoms with Crippen molar-refractivity contribution in [3.63, 3.8) is 0 Å². The van der Waals surface area contributed by atoms with E-state index in [0.29, 0.717) is 46.2 Å². The van der Waals surface area contributed by atoms with Crippen molar-refractivity contribution in [2.24, 2.45) is 0 Å². The Kier molecular flexibility index (Phi) is 13.2. The van der Waals surface area contributed by atoms with Gasteiger partial charge in [-0.1, -0.05) is 52.2 Å². The largest absolute Gasteiger partial charge is 0.491 e. The summed E-state index contributed by atoms with van der Waals surface area (Å²) in [5.74, 6) is 0.879. The van der Waals surface area contributed by atoms with Gasteiger partial charge in [0, 0.05) is 0 Å². The average Bonchev–Trinajstić information content (AvgIpc) is 2.66. The van der Waals surface area contributed by atoms with Gasteiger partial charge in [-0.3, -0.25) is 0 Å². The highest BCUT2D eigenvalue weighted by Crippen LogP contribution is 2.30. The summed E-state index contributed by atoms with van der Waals surface area (Å²) >= 11 is 0. The third-order valence-electron chi connectivity index (χ3n) is 4.52. The normalized spacial score (nSPS) is 11.7. The molecule has 27 heavy (non-hydrogen) atoms. The number of aliphatic hydroxyl groups is 1. The van der Waals surface area contributed by atoms with Gasteiger partial charge in [-0.25, -0.2) is 0 Å². The highest BCUT2D eigenvalue weighted by molar-refractivity contribution is 5.31. The Balaban J connectivity index is 2.10. The molecule has 1 N–H and O–H groups in total. The van der Waals surface area contributed by atoms with Gasteiger partial charge in [0.2, 0.25) is 0 Å². The summed E-state index contributed by atoms with van der Waals surface area (Å²) in [4.78, 5) is 0. The maximum Gasteiger partial charge on any atom is 0.119 e. The van der Waals surface area contributed by atoms with Gasteiger partial charge in [0.15, 0.2) is 0 Å². The zero-order valence-electron chi connectivity index (χ0n) is 17.4. The minimum atomic E-state index is 0.0442. The molecule has 0 spiro atoms. The molecule has 156 valence electrons. The van der Waals surface area contributed by atoms with Crippen molar-refractivity contribution in [1.82, 2.24) is 0 Å². The van der Waals surface area contributed by atoms with E-state index in [1.807, 2.05) is 12.1 Å². The van der Waals surface area contributed by atoms with E-state index >= 15 is 0 Å². The molecular formula is C22H38O5. The second-order valence-electron chi connectivity index (χ2n) is 7.27. The zero-order valence-corrected chi connectivity index (χ0v) is 17.4. The fraction of sp³-hybridized carbons (Fsp3) is 0.727. The second-order valence-corrected chi connectivity index (χ2v) is 7.27. The van der Waals surface area contributed by atoms with E-state index in [1.165, 1.54) is 31.2 Å². The van der Waals surface area contributed by atoms with E-state index in [9.17, 15) is 0 Å². The molecule has 0 saturated heterocycles. The second kappa shape index (κ2) is 14.9. The quantitative estimate of drug-likeness (QED) is 0.413. The van der Waals surface area contributed by atoms with Gasteiger partial charge in [0.1, 0.15) is 12.4 Å². The van der Waals surface area contributed by atoms with Gasteiger partial charge in [-0.2, -0.15) is 0 Å². The van der Waals surface area contributed by atoms with Crippen LogP contribution in [0.5, 0.6) is 5.75 Å². The lowest BCUT2D eigenvalue weighted by Crippen LogP contribution is -2.17. The molecule has 5 heteroatoms. The first-order valence-electron chi connectivity index (χ1n) is 10.2. The number of hydrogen-bond acceptors (Lipinski definition) is 5. The SMILES string of the molecule is CCCCCC(C)(C)c1ccc(OCCOCCOCCOCCO)cc1. The molecule has 0 saturated carbocycles. The summed E-state index contributed by atoms with van der Waals surface area (Å²) < 4.78 is 21.7. The fourth-order valence-electron chi connectivity index (χ4n) is 2.79. The van der Waals surface area contributed by atoms with Gasteiger partial charge in [0.25, 0.3) is 0 Å². The number of ether oxygens (including phenoxy) is 4. The first kappa shape index (κ1) is 23.9. The van der Waals surface area contributed by atoms with Crippen LogP contribution >= 0.6 is 0 Å². The Morgan fingerprint density at radius 3 is 1.89 bits per heavy atom. The fourth-order valence-corrected chi connectivity index (χ4v) is 2.79. The molecule has 0 unspecified atom stereocenters. The minimum Gasteiger partial charge on any atom is -0.491 e. The van der Waals surface area contributed by atoms with E-state index in [1.54, 1.807) is 0 Å². The number of aliphatic hydroxyl groups excluding tert-OH is 1. The molecule has 0 heterocycles. The Hall–Kier alpha value is -1.14. The van der Waals surface area contributed by atoms with Gasteiger partial charge in [-0.15, -0.1) is 0 Å². The van der Waals surface area contributed by atoms with Crippen LogP contribution in [0.25, 0.3) is 0 Å². The van der Waals surface area contributed by atoms with Crippen LogP contribution in [0.1, 0.15) is 52.0 Å². The van der Waals surface area contributed by atoms with Crippen molar-refractivity contribution >= 4 is 0 Å². The summed E-state index contributed by atoms with van der Waals surface area (Å²) in [5.41, 5.74) is 1.57. The molecule has 1 rings (SSSR count). The number of rotatable bonds is 17. The zero-order chi connectivity index (χ0) is 19.8. The average molecular weight is 383 g/mol. The van der Waals surface area contributed by atoms with Crippen LogP contribution in [0.4, 0.5) is 0 Å². The molecular weight excluding hydrogens is 344 g/mol. The Morgan fingerprint density at radius 2 is 1.33 bits per heavy atom. The molecule has 0 bridgehead atoms. The van der Waals surface area contributed by atoms with Gasteiger partial charge < -0.3 is 24.1 Å². The first-order chi connectivity index (χ1) is 13.1. The molecule has 0 atom stereocenters. The first-order valence-corrected chi connectivity index (χ1v) is 10.2. The lowest BCUT2D eigenvalue weighted by Gasteiger charge is -2.25. The van der Waals surface area contributed by atoms with Gasteiger partial charge in [0.05, 0.1) is 46.2 Å². The molecule has 0 aliphatic carbocycles. The summed E-state index contributed by atoms with van der Waals surface area (Å²) in [5, 5.41) is 8.56. The third-order valence-corrected chi connectivity index (χ3v) is 4.52. The predicted octanol–water partition coefficient (Wildman–Crippen LogP) is 3.97. The topological polar surface area (TPSA) is 57.2 Å². The van der Waals surface area contributed by atoms with Crippen LogP contribution in [0.2, 0.25) is 0 Å². The Bertz CT molecular complexity index is 458. The predicted molar refractivity (Wildman–Crippen MR) is 109 cm³/mol. The maximum absolute atomic E-state index is 8.56. The molecule has 0 aliphatic rings. The molecule has 1 aromatic rings. The molecule has 0 amide bonds. The van der Waals surface area contributed by atoms with Crippen molar-refractivity contribution < 1.29 is 24.1 Å². The lowest BCUT2D eigenvalue weighted by molar-refractivity contribution is 0.00361. The third kappa shape index (κ3) is 11.3. The van der Waals surface area contributed by atoms with E-state index in [2.05, 4.69) is 32.9 Å². The Morgan fingerprint density at radius 1 is 0.778 bits per heavy atom.